The highest BCUT2D eigenvalue weighted by Gasteiger charge is 2.26. The molecule has 1 aromatic rings. The van der Waals surface area contributed by atoms with E-state index in [4.69, 9.17) is 5.73 Å². The van der Waals surface area contributed by atoms with Crippen LogP contribution in [0.3, 0.4) is 0 Å². The Morgan fingerprint density at radius 1 is 1.68 bits per heavy atom. The maximum absolute atomic E-state index is 11.8. The third kappa shape index (κ3) is 5.10. The summed E-state index contributed by atoms with van der Waals surface area (Å²) in [4.78, 5) is 15.2. The topological polar surface area (TPSA) is 58.4 Å². The number of hydrogen-bond donors (Lipinski definition) is 2. The molecule has 108 valence electrons. The van der Waals surface area contributed by atoms with Gasteiger partial charge in [0.1, 0.15) is 0 Å². The largest absolute Gasteiger partial charge is 0.350 e. The van der Waals surface area contributed by atoms with Gasteiger partial charge in [0.2, 0.25) is 5.91 Å². The molecule has 19 heavy (non-hydrogen) atoms. The van der Waals surface area contributed by atoms with Gasteiger partial charge >= 0.3 is 0 Å². The van der Waals surface area contributed by atoms with Crippen LogP contribution in [0.25, 0.3) is 0 Å². The van der Waals surface area contributed by atoms with Gasteiger partial charge < -0.3 is 11.1 Å². The van der Waals surface area contributed by atoms with Crippen molar-refractivity contribution < 1.29 is 4.79 Å². The first-order chi connectivity index (χ1) is 8.65. The highest BCUT2D eigenvalue weighted by molar-refractivity contribution is 7.09. The third-order valence-electron chi connectivity index (χ3n) is 3.46. The summed E-state index contributed by atoms with van der Waals surface area (Å²) in [6.07, 6.45) is 1.11. The molecule has 0 spiro atoms. The van der Waals surface area contributed by atoms with Gasteiger partial charge in [-0.3, -0.25) is 9.69 Å². The molecule has 0 radical (unpaired) electrons. The molecule has 6 heteroatoms. The van der Waals surface area contributed by atoms with Gasteiger partial charge in [0.15, 0.2) is 0 Å². The Balaban J connectivity index is 0.00000180. The zero-order valence-electron chi connectivity index (χ0n) is 11.2. The SMILES string of the molecule is CC(N)C1CCN(CC(=O)NCc2cccs2)C1.Cl. The van der Waals surface area contributed by atoms with Crippen molar-refractivity contribution in [2.45, 2.75) is 25.9 Å². The van der Waals surface area contributed by atoms with Crippen LogP contribution in [0.2, 0.25) is 0 Å². The molecule has 1 aromatic heterocycles. The molecule has 1 aliphatic rings. The monoisotopic (exact) mass is 303 g/mol. The highest BCUT2D eigenvalue weighted by Crippen LogP contribution is 2.17. The lowest BCUT2D eigenvalue weighted by molar-refractivity contribution is -0.122. The van der Waals surface area contributed by atoms with E-state index in [1.54, 1.807) is 11.3 Å². The van der Waals surface area contributed by atoms with E-state index >= 15 is 0 Å². The second kappa shape index (κ2) is 7.85. The molecule has 1 fully saturated rings. The Bertz CT molecular complexity index is 383. The smallest absolute Gasteiger partial charge is 0.234 e. The minimum absolute atomic E-state index is 0. The van der Waals surface area contributed by atoms with Crippen LogP contribution in [-0.4, -0.2) is 36.5 Å². The van der Waals surface area contributed by atoms with Gasteiger partial charge in [-0.2, -0.15) is 0 Å². The first kappa shape index (κ1) is 16.4. The van der Waals surface area contributed by atoms with Crippen LogP contribution >= 0.6 is 23.7 Å². The predicted octanol–water partition coefficient (Wildman–Crippen LogP) is 1.46. The number of carbonyl (C=O) groups excluding carboxylic acids is 1. The number of hydrogen-bond acceptors (Lipinski definition) is 4. The average Bonchev–Trinajstić information content (AvgIpc) is 2.96. The summed E-state index contributed by atoms with van der Waals surface area (Å²) in [5, 5.41) is 4.98. The predicted molar refractivity (Wildman–Crippen MR) is 81.6 cm³/mol. The van der Waals surface area contributed by atoms with Crippen molar-refractivity contribution in [1.29, 1.82) is 0 Å². The zero-order chi connectivity index (χ0) is 13.0. The molecule has 1 aliphatic heterocycles. The standard InChI is InChI=1S/C13H21N3OS.ClH/c1-10(14)11-4-5-16(8-11)9-13(17)15-7-12-3-2-6-18-12;/h2-3,6,10-11H,4-5,7-9,14H2,1H3,(H,15,17);1H. The van der Waals surface area contributed by atoms with Crippen molar-refractivity contribution in [2.75, 3.05) is 19.6 Å². The molecular formula is C13H22ClN3OS. The van der Waals surface area contributed by atoms with Crippen LogP contribution in [0, 0.1) is 5.92 Å². The van der Waals surface area contributed by atoms with Gasteiger partial charge in [-0.25, -0.2) is 0 Å². The van der Waals surface area contributed by atoms with Crippen molar-refractivity contribution in [3.05, 3.63) is 22.4 Å². The van der Waals surface area contributed by atoms with E-state index in [1.165, 1.54) is 4.88 Å². The molecule has 0 aromatic carbocycles. The number of halogens is 1. The van der Waals surface area contributed by atoms with E-state index in [2.05, 4.69) is 10.2 Å². The van der Waals surface area contributed by atoms with Gasteiger partial charge in [-0.1, -0.05) is 6.07 Å². The van der Waals surface area contributed by atoms with Crippen LogP contribution in [-0.2, 0) is 11.3 Å². The van der Waals surface area contributed by atoms with Crippen LogP contribution < -0.4 is 11.1 Å². The molecule has 3 N–H and O–H groups in total. The number of amides is 1. The number of nitrogens with zero attached hydrogens (tertiary/aromatic N) is 1. The fourth-order valence-corrected chi connectivity index (χ4v) is 2.94. The lowest BCUT2D eigenvalue weighted by atomic mass is 10.0. The number of carbonyl (C=O) groups is 1. The van der Waals surface area contributed by atoms with E-state index in [-0.39, 0.29) is 24.4 Å². The summed E-state index contributed by atoms with van der Waals surface area (Å²) >= 11 is 1.67. The molecule has 4 nitrogen and oxygen atoms in total. The van der Waals surface area contributed by atoms with E-state index in [0.717, 1.165) is 19.5 Å². The molecule has 0 aliphatic carbocycles. The fraction of sp³-hybridized carbons (Fsp3) is 0.615. The van der Waals surface area contributed by atoms with E-state index < -0.39 is 0 Å². The third-order valence-corrected chi connectivity index (χ3v) is 4.34. The van der Waals surface area contributed by atoms with Crippen LogP contribution in [0.5, 0.6) is 0 Å². The maximum atomic E-state index is 11.8. The van der Waals surface area contributed by atoms with E-state index in [0.29, 0.717) is 19.0 Å². The van der Waals surface area contributed by atoms with Crippen molar-refractivity contribution in [1.82, 2.24) is 10.2 Å². The molecule has 2 rings (SSSR count). The highest BCUT2D eigenvalue weighted by atomic mass is 35.5. The Labute approximate surface area is 124 Å². The number of nitrogens with two attached hydrogens (primary N) is 1. The lowest BCUT2D eigenvalue weighted by Gasteiger charge is -2.17. The summed E-state index contributed by atoms with van der Waals surface area (Å²) in [7, 11) is 0. The van der Waals surface area contributed by atoms with Crippen molar-refractivity contribution in [3.63, 3.8) is 0 Å². The Hall–Kier alpha value is -0.620. The van der Waals surface area contributed by atoms with Crippen molar-refractivity contribution >= 4 is 29.7 Å². The van der Waals surface area contributed by atoms with Crippen LogP contribution in [0.1, 0.15) is 18.2 Å². The first-order valence-electron chi connectivity index (χ1n) is 6.42. The number of thiophene rings is 1. The molecule has 2 atom stereocenters. The maximum Gasteiger partial charge on any atom is 0.234 e. The minimum atomic E-state index is 0. The van der Waals surface area contributed by atoms with Crippen molar-refractivity contribution in [2.24, 2.45) is 11.7 Å². The van der Waals surface area contributed by atoms with Gasteiger partial charge in [-0.05, 0) is 37.3 Å². The molecule has 0 saturated carbocycles. The summed E-state index contributed by atoms with van der Waals surface area (Å²) in [5.41, 5.74) is 5.89. The van der Waals surface area contributed by atoms with Crippen LogP contribution in [0.15, 0.2) is 17.5 Å². The molecule has 2 unspecified atom stereocenters. The number of rotatable bonds is 5. The molecule has 1 saturated heterocycles. The second-order valence-electron chi connectivity index (χ2n) is 5.00. The molecule has 2 heterocycles. The van der Waals surface area contributed by atoms with E-state index in [9.17, 15) is 4.79 Å². The molecular weight excluding hydrogens is 282 g/mol. The molecule has 1 amide bonds. The molecule has 0 bridgehead atoms. The Morgan fingerprint density at radius 3 is 3.05 bits per heavy atom. The summed E-state index contributed by atoms with van der Waals surface area (Å²) in [6.45, 7) is 5.11. The van der Waals surface area contributed by atoms with Crippen LogP contribution in [0.4, 0.5) is 0 Å². The number of nitrogens with one attached hydrogen (secondary N) is 1. The lowest BCUT2D eigenvalue weighted by Crippen LogP contribution is -2.37. The summed E-state index contributed by atoms with van der Waals surface area (Å²) in [6, 6.07) is 4.26. The van der Waals surface area contributed by atoms with Gasteiger partial charge in [0.05, 0.1) is 13.1 Å². The normalized spacial score (nSPS) is 20.8. The second-order valence-corrected chi connectivity index (χ2v) is 6.03. The average molecular weight is 304 g/mol. The quantitative estimate of drug-likeness (QED) is 0.866. The first-order valence-corrected chi connectivity index (χ1v) is 7.30. The zero-order valence-corrected chi connectivity index (χ0v) is 12.8. The summed E-state index contributed by atoms with van der Waals surface area (Å²) < 4.78 is 0. The van der Waals surface area contributed by atoms with Gasteiger partial charge in [-0.15, -0.1) is 23.7 Å². The Morgan fingerprint density at radius 2 is 2.47 bits per heavy atom. The Kier molecular flexibility index (Phi) is 6.79. The van der Waals surface area contributed by atoms with Gasteiger partial charge in [0.25, 0.3) is 0 Å². The fourth-order valence-electron chi connectivity index (χ4n) is 2.29. The van der Waals surface area contributed by atoms with E-state index in [1.807, 2.05) is 24.4 Å². The summed E-state index contributed by atoms with van der Waals surface area (Å²) in [5.74, 6) is 0.642. The van der Waals surface area contributed by atoms with Gasteiger partial charge in [0, 0.05) is 17.5 Å². The number of likely N-dealkylation sites (tertiary alicyclic amines) is 1. The van der Waals surface area contributed by atoms with Crippen molar-refractivity contribution in [3.8, 4) is 0 Å². The minimum Gasteiger partial charge on any atom is -0.350 e.